The van der Waals surface area contributed by atoms with Crippen LogP contribution >= 0.6 is 0 Å². The molecule has 0 aliphatic carbocycles. The molecule has 1 aromatic carbocycles. The Bertz CT molecular complexity index is 350. The first-order chi connectivity index (χ1) is 6.88. The molecular formula is C9H9F4NO. The molecule has 1 atom stereocenters. The predicted molar refractivity (Wildman–Crippen MR) is 45.4 cm³/mol. The van der Waals surface area contributed by atoms with Crippen molar-refractivity contribution in [2.45, 2.75) is 12.2 Å². The number of hydrogen-bond acceptors (Lipinski definition) is 2. The number of rotatable bonds is 2. The van der Waals surface area contributed by atoms with Crippen LogP contribution in [0.4, 0.5) is 17.6 Å². The molecule has 0 aliphatic heterocycles. The van der Waals surface area contributed by atoms with Crippen LogP contribution in [0.1, 0.15) is 17.2 Å². The summed E-state index contributed by atoms with van der Waals surface area (Å²) in [5.74, 6) is -1.39. The van der Waals surface area contributed by atoms with Crippen LogP contribution in [0, 0.1) is 5.82 Å². The van der Waals surface area contributed by atoms with Crippen molar-refractivity contribution >= 4 is 0 Å². The Morgan fingerprint density at radius 1 is 1.33 bits per heavy atom. The summed E-state index contributed by atoms with van der Waals surface area (Å²) in [6.07, 6.45) is -4.81. The summed E-state index contributed by atoms with van der Waals surface area (Å²) in [4.78, 5) is 0. The van der Waals surface area contributed by atoms with Gasteiger partial charge in [-0.05, 0) is 11.6 Å². The van der Waals surface area contributed by atoms with E-state index in [2.05, 4.69) is 0 Å². The van der Waals surface area contributed by atoms with Crippen LogP contribution in [0.5, 0.6) is 0 Å². The molecule has 6 heteroatoms. The normalized spacial score (nSPS) is 14.0. The molecular weight excluding hydrogens is 214 g/mol. The lowest BCUT2D eigenvalue weighted by atomic mass is 10.0. The van der Waals surface area contributed by atoms with E-state index in [1.807, 2.05) is 0 Å². The van der Waals surface area contributed by atoms with Gasteiger partial charge in [-0.1, -0.05) is 12.1 Å². The maximum atomic E-state index is 13.0. The number of hydrogen-bond donors (Lipinski definition) is 2. The van der Waals surface area contributed by atoms with Crippen molar-refractivity contribution in [2.24, 2.45) is 5.73 Å². The van der Waals surface area contributed by atoms with Crippen molar-refractivity contribution < 1.29 is 22.7 Å². The van der Waals surface area contributed by atoms with E-state index in [0.717, 1.165) is 12.1 Å². The molecule has 0 amide bonds. The molecule has 0 saturated carbocycles. The van der Waals surface area contributed by atoms with Gasteiger partial charge in [-0.15, -0.1) is 0 Å². The second-order valence-electron chi connectivity index (χ2n) is 2.99. The molecule has 0 radical (unpaired) electrons. The number of benzene rings is 1. The maximum absolute atomic E-state index is 13.0. The second kappa shape index (κ2) is 4.16. The van der Waals surface area contributed by atoms with E-state index in [9.17, 15) is 17.6 Å². The Hall–Kier alpha value is -1.14. The predicted octanol–water partition coefficient (Wildman–Crippen LogP) is 1.84. The van der Waals surface area contributed by atoms with Gasteiger partial charge in [0.05, 0.1) is 18.2 Å². The fraction of sp³-hybridized carbons (Fsp3) is 0.333. The zero-order valence-electron chi connectivity index (χ0n) is 7.55. The Morgan fingerprint density at radius 2 is 1.93 bits per heavy atom. The van der Waals surface area contributed by atoms with Gasteiger partial charge in [-0.3, -0.25) is 0 Å². The third kappa shape index (κ3) is 2.45. The SMILES string of the molecule is N[C@@H](CO)c1cccc(F)c1C(F)(F)F. The lowest BCUT2D eigenvalue weighted by Crippen LogP contribution is -2.21. The third-order valence-corrected chi connectivity index (χ3v) is 1.93. The molecule has 0 unspecified atom stereocenters. The van der Waals surface area contributed by atoms with E-state index in [4.69, 9.17) is 10.8 Å². The van der Waals surface area contributed by atoms with Gasteiger partial charge < -0.3 is 10.8 Å². The zero-order chi connectivity index (χ0) is 11.6. The molecule has 2 nitrogen and oxygen atoms in total. The lowest BCUT2D eigenvalue weighted by molar-refractivity contribution is -0.140. The van der Waals surface area contributed by atoms with Gasteiger partial charge in [0.2, 0.25) is 0 Å². The third-order valence-electron chi connectivity index (χ3n) is 1.93. The molecule has 0 spiro atoms. The largest absolute Gasteiger partial charge is 0.419 e. The Balaban J connectivity index is 3.33. The molecule has 15 heavy (non-hydrogen) atoms. The van der Waals surface area contributed by atoms with Crippen LogP contribution < -0.4 is 5.73 Å². The molecule has 1 aromatic rings. The van der Waals surface area contributed by atoms with Crippen molar-refractivity contribution in [1.29, 1.82) is 0 Å². The highest BCUT2D eigenvalue weighted by Gasteiger charge is 2.37. The van der Waals surface area contributed by atoms with E-state index >= 15 is 0 Å². The molecule has 3 N–H and O–H groups in total. The molecule has 0 fully saturated rings. The first-order valence-electron chi connectivity index (χ1n) is 4.10. The highest BCUT2D eigenvalue weighted by molar-refractivity contribution is 5.33. The van der Waals surface area contributed by atoms with Gasteiger partial charge in [0.25, 0.3) is 0 Å². The summed E-state index contributed by atoms with van der Waals surface area (Å²) >= 11 is 0. The Kier molecular flexibility index (Phi) is 3.31. The van der Waals surface area contributed by atoms with Crippen molar-refractivity contribution in [2.75, 3.05) is 6.61 Å². The van der Waals surface area contributed by atoms with Crippen molar-refractivity contribution in [1.82, 2.24) is 0 Å². The summed E-state index contributed by atoms with van der Waals surface area (Å²) < 4.78 is 50.3. The highest BCUT2D eigenvalue weighted by Crippen LogP contribution is 2.35. The van der Waals surface area contributed by atoms with E-state index in [-0.39, 0.29) is 0 Å². The van der Waals surface area contributed by atoms with Gasteiger partial charge >= 0.3 is 6.18 Å². The van der Waals surface area contributed by atoms with Gasteiger partial charge in [-0.25, -0.2) is 4.39 Å². The van der Waals surface area contributed by atoms with Crippen LogP contribution in [0.3, 0.4) is 0 Å². The summed E-state index contributed by atoms with van der Waals surface area (Å²) in [6, 6.07) is 1.64. The average Bonchev–Trinajstić information content (AvgIpc) is 2.14. The van der Waals surface area contributed by atoms with Crippen LogP contribution in [-0.2, 0) is 6.18 Å². The number of alkyl halides is 3. The first kappa shape index (κ1) is 11.9. The standard InChI is InChI=1S/C9H9F4NO/c10-6-3-1-2-5(7(14)4-15)8(6)9(11,12)13/h1-3,7,15H,4,14H2/t7-/m0/s1. The fourth-order valence-electron chi connectivity index (χ4n) is 1.25. The number of nitrogens with two attached hydrogens (primary N) is 1. The molecule has 84 valence electrons. The van der Waals surface area contributed by atoms with Crippen LogP contribution in [-0.4, -0.2) is 11.7 Å². The monoisotopic (exact) mass is 223 g/mol. The Labute approximate surface area is 83.3 Å². The van der Waals surface area contributed by atoms with Gasteiger partial charge in [0, 0.05) is 0 Å². The minimum Gasteiger partial charge on any atom is -0.394 e. The summed E-state index contributed by atoms with van der Waals surface area (Å²) in [6.45, 7) is -0.674. The molecule has 0 saturated heterocycles. The summed E-state index contributed by atoms with van der Waals surface area (Å²) in [5.41, 5.74) is 3.39. The van der Waals surface area contributed by atoms with E-state index in [1.54, 1.807) is 0 Å². The van der Waals surface area contributed by atoms with E-state index in [0.29, 0.717) is 6.07 Å². The summed E-state index contributed by atoms with van der Waals surface area (Å²) in [7, 11) is 0. The number of aliphatic hydroxyl groups is 1. The fourth-order valence-corrected chi connectivity index (χ4v) is 1.25. The summed E-state index contributed by atoms with van der Waals surface area (Å²) in [5, 5.41) is 8.65. The van der Waals surface area contributed by atoms with Crippen molar-refractivity contribution in [3.05, 3.63) is 35.1 Å². The minimum atomic E-state index is -4.81. The maximum Gasteiger partial charge on any atom is 0.419 e. The van der Waals surface area contributed by atoms with Crippen LogP contribution in [0.25, 0.3) is 0 Å². The molecule has 0 aliphatic rings. The van der Waals surface area contributed by atoms with Crippen molar-refractivity contribution in [3.63, 3.8) is 0 Å². The van der Waals surface area contributed by atoms with Gasteiger partial charge in [0.15, 0.2) is 0 Å². The molecule has 0 aromatic heterocycles. The van der Waals surface area contributed by atoms with E-state index in [1.165, 1.54) is 0 Å². The second-order valence-corrected chi connectivity index (χ2v) is 2.99. The van der Waals surface area contributed by atoms with Gasteiger partial charge in [-0.2, -0.15) is 13.2 Å². The minimum absolute atomic E-state index is 0.440. The highest BCUT2D eigenvalue weighted by atomic mass is 19.4. The average molecular weight is 223 g/mol. The van der Waals surface area contributed by atoms with Crippen LogP contribution in [0.2, 0.25) is 0 Å². The lowest BCUT2D eigenvalue weighted by Gasteiger charge is -2.17. The van der Waals surface area contributed by atoms with Crippen molar-refractivity contribution in [3.8, 4) is 0 Å². The number of aliphatic hydroxyl groups excluding tert-OH is 1. The topological polar surface area (TPSA) is 46.2 Å². The van der Waals surface area contributed by atoms with Crippen LogP contribution in [0.15, 0.2) is 18.2 Å². The zero-order valence-corrected chi connectivity index (χ0v) is 7.55. The number of halogens is 4. The Morgan fingerprint density at radius 3 is 2.40 bits per heavy atom. The molecule has 1 rings (SSSR count). The quantitative estimate of drug-likeness (QED) is 0.751. The van der Waals surface area contributed by atoms with Gasteiger partial charge in [0.1, 0.15) is 5.82 Å². The van der Waals surface area contributed by atoms with E-state index < -0.39 is 35.8 Å². The smallest absolute Gasteiger partial charge is 0.394 e. The molecule has 0 heterocycles. The molecule has 0 bridgehead atoms. The first-order valence-corrected chi connectivity index (χ1v) is 4.10.